The molecule has 1 aliphatic rings. The van der Waals surface area contributed by atoms with E-state index in [1.807, 2.05) is 12.1 Å². The fourth-order valence-electron chi connectivity index (χ4n) is 3.55. The number of hydrogen-bond acceptors (Lipinski definition) is 3. The third kappa shape index (κ3) is 6.60. The predicted molar refractivity (Wildman–Crippen MR) is 116 cm³/mol. The second-order valence-electron chi connectivity index (χ2n) is 7.33. The molecule has 0 aromatic heterocycles. The molecule has 4 nitrogen and oxygen atoms in total. The molecule has 0 radical (unpaired) electrons. The Labute approximate surface area is 175 Å². The molecular formula is C23H27FN2O2S. The molecule has 0 bridgehead atoms. The summed E-state index contributed by atoms with van der Waals surface area (Å²) < 4.78 is 13.8. The van der Waals surface area contributed by atoms with Crippen molar-refractivity contribution in [2.24, 2.45) is 0 Å². The molecule has 2 N–H and O–H groups in total. The molecule has 6 heteroatoms. The Morgan fingerprint density at radius 1 is 0.931 bits per heavy atom. The Kier molecular flexibility index (Phi) is 8.11. The van der Waals surface area contributed by atoms with Crippen LogP contribution >= 0.6 is 11.8 Å². The zero-order valence-corrected chi connectivity index (χ0v) is 17.3. The topological polar surface area (TPSA) is 58.2 Å². The van der Waals surface area contributed by atoms with Gasteiger partial charge in [-0.1, -0.05) is 56.4 Å². The summed E-state index contributed by atoms with van der Waals surface area (Å²) in [6, 6.07) is 13.4. The molecule has 154 valence electrons. The van der Waals surface area contributed by atoms with E-state index in [2.05, 4.69) is 10.6 Å². The van der Waals surface area contributed by atoms with Crippen molar-refractivity contribution in [3.05, 3.63) is 59.9 Å². The van der Waals surface area contributed by atoms with E-state index >= 15 is 0 Å². The standard InChI is InChI=1S/C23H27FN2O2S/c24-19-13-7-8-14-20(19)26-23(28)18-12-6-9-15-21(18)29-16-22(27)25-17-10-4-2-1-3-5-11-17/h6-9,12-15,17H,1-5,10-11,16H2,(H,25,27)(H,26,28). The van der Waals surface area contributed by atoms with Gasteiger partial charge in [0.05, 0.1) is 17.0 Å². The first-order chi connectivity index (χ1) is 14.1. The normalized spacial score (nSPS) is 15.2. The quantitative estimate of drug-likeness (QED) is 0.622. The summed E-state index contributed by atoms with van der Waals surface area (Å²) in [6.07, 6.45) is 8.18. The van der Waals surface area contributed by atoms with Crippen LogP contribution in [0, 0.1) is 5.82 Å². The first kappa shape index (κ1) is 21.4. The lowest BCUT2D eigenvalue weighted by molar-refractivity contribution is -0.119. The van der Waals surface area contributed by atoms with E-state index in [0.29, 0.717) is 10.5 Å². The molecule has 1 fully saturated rings. The Hall–Kier alpha value is -2.34. The van der Waals surface area contributed by atoms with Gasteiger partial charge >= 0.3 is 0 Å². The van der Waals surface area contributed by atoms with Crippen molar-refractivity contribution in [2.75, 3.05) is 11.1 Å². The highest BCUT2D eigenvalue weighted by atomic mass is 32.2. The zero-order chi connectivity index (χ0) is 20.5. The van der Waals surface area contributed by atoms with Gasteiger partial charge in [0.2, 0.25) is 5.91 Å². The Bertz CT molecular complexity index is 835. The SMILES string of the molecule is O=C(CSc1ccccc1C(=O)Nc1ccccc1F)NC1CCCCCCC1. The molecule has 0 aliphatic heterocycles. The first-order valence-corrected chi connectivity index (χ1v) is 11.2. The number of hydrogen-bond donors (Lipinski definition) is 2. The van der Waals surface area contributed by atoms with Crippen molar-refractivity contribution in [1.82, 2.24) is 5.32 Å². The maximum Gasteiger partial charge on any atom is 0.256 e. The maximum atomic E-state index is 13.8. The third-order valence-corrected chi connectivity index (χ3v) is 6.16. The highest BCUT2D eigenvalue weighted by Crippen LogP contribution is 2.24. The number of carbonyl (C=O) groups excluding carboxylic acids is 2. The van der Waals surface area contributed by atoms with Gasteiger partial charge < -0.3 is 10.6 Å². The van der Waals surface area contributed by atoms with Crippen molar-refractivity contribution in [2.45, 2.75) is 55.9 Å². The average Bonchev–Trinajstić information content (AvgIpc) is 2.70. The summed E-state index contributed by atoms with van der Waals surface area (Å²) in [5.74, 6) is -0.631. The van der Waals surface area contributed by atoms with Gasteiger partial charge in [-0.3, -0.25) is 9.59 Å². The zero-order valence-electron chi connectivity index (χ0n) is 16.5. The van der Waals surface area contributed by atoms with Crippen molar-refractivity contribution in [3.63, 3.8) is 0 Å². The molecule has 0 heterocycles. The highest BCUT2D eigenvalue weighted by Gasteiger charge is 2.17. The van der Waals surface area contributed by atoms with Crippen LogP contribution in [-0.2, 0) is 4.79 Å². The van der Waals surface area contributed by atoms with E-state index in [-0.39, 0.29) is 23.4 Å². The van der Waals surface area contributed by atoms with Crippen molar-refractivity contribution < 1.29 is 14.0 Å². The monoisotopic (exact) mass is 414 g/mol. The average molecular weight is 415 g/mol. The van der Waals surface area contributed by atoms with Crippen LogP contribution in [0.2, 0.25) is 0 Å². The summed E-state index contributed by atoms with van der Waals surface area (Å²) in [5.41, 5.74) is 0.568. The minimum atomic E-state index is -0.482. The largest absolute Gasteiger partial charge is 0.353 e. The van der Waals surface area contributed by atoms with Crippen LogP contribution in [0.3, 0.4) is 0 Å². The lowest BCUT2D eigenvalue weighted by Crippen LogP contribution is -2.36. The van der Waals surface area contributed by atoms with Gasteiger partial charge in [0.15, 0.2) is 0 Å². The van der Waals surface area contributed by atoms with E-state index in [1.165, 1.54) is 43.2 Å². The molecule has 0 unspecified atom stereocenters. The smallest absolute Gasteiger partial charge is 0.256 e. The summed E-state index contributed by atoms with van der Waals surface area (Å²) >= 11 is 1.33. The van der Waals surface area contributed by atoms with Crippen LogP contribution in [0.15, 0.2) is 53.4 Å². The number of nitrogens with one attached hydrogen (secondary N) is 2. The van der Waals surface area contributed by atoms with Crippen LogP contribution in [0.5, 0.6) is 0 Å². The minimum absolute atomic E-state index is 0.00936. The number of rotatable bonds is 6. The maximum absolute atomic E-state index is 13.8. The van der Waals surface area contributed by atoms with E-state index in [0.717, 1.165) is 25.7 Å². The fraction of sp³-hybridized carbons (Fsp3) is 0.391. The molecule has 0 saturated heterocycles. The number of halogens is 1. The van der Waals surface area contributed by atoms with Crippen LogP contribution in [0.25, 0.3) is 0 Å². The van der Waals surface area contributed by atoms with Crippen molar-refractivity contribution >= 4 is 29.3 Å². The Morgan fingerprint density at radius 2 is 1.59 bits per heavy atom. The molecule has 0 spiro atoms. The lowest BCUT2D eigenvalue weighted by Gasteiger charge is -2.21. The summed E-state index contributed by atoms with van der Waals surface area (Å²) in [7, 11) is 0. The number of benzene rings is 2. The molecule has 3 rings (SSSR count). The molecule has 0 atom stereocenters. The second-order valence-corrected chi connectivity index (χ2v) is 8.35. The van der Waals surface area contributed by atoms with Crippen LogP contribution in [-0.4, -0.2) is 23.6 Å². The highest BCUT2D eigenvalue weighted by molar-refractivity contribution is 8.00. The second kappa shape index (κ2) is 11.0. The Morgan fingerprint density at radius 3 is 2.34 bits per heavy atom. The minimum Gasteiger partial charge on any atom is -0.353 e. The van der Waals surface area contributed by atoms with Gasteiger partial charge in [-0.05, 0) is 37.1 Å². The molecule has 2 amide bonds. The molecule has 1 aliphatic carbocycles. The number of carbonyl (C=O) groups is 2. The summed E-state index contributed by atoms with van der Waals surface area (Å²) in [5, 5.41) is 5.75. The van der Waals surface area contributed by atoms with Crippen LogP contribution in [0.4, 0.5) is 10.1 Å². The number of amides is 2. The van der Waals surface area contributed by atoms with Gasteiger partial charge in [0.25, 0.3) is 5.91 Å². The molecule has 2 aromatic carbocycles. The molecular weight excluding hydrogens is 387 g/mol. The van der Waals surface area contributed by atoms with E-state index in [9.17, 15) is 14.0 Å². The van der Waals surface area contributed by atoms with Crippen LogP contribution < -0.4 is 10.6 Å². The number of thioether (sulfide) groups is 1. The van der Waals surface area contributed by atoms with Gasteiger partial charge in [-0.15, -0.1) is 11.8 Å². The van der Waals surface area contributed by atoms with Crippen LogP contribution in [0.1, 0.15) is 55.3 Å². The molecule has 29 heavy (non-hydrogen) atoms. The van der Waals surface area contributed by atoms with Gasteiger partial charge in [0.1, 0.15) is 5.82 Å². The molecule has 1 saturated carbocycles. The number of para-hydroxylation sites is 1. The third-order valence-electron chi connectivity index (χ3n) is 5.08. The Balaban J connectivity index is 1.58. The first-order valence-electron chi connectivity index (χ1n) is 10.2. The van der Waals surface area contributed by atoms with E-state index in [4.69, 9.17) is 0 Å². The molecule has 2 aromatic rings. The van der Waals surface area contributed by atoms with E-state index < -0.39 is 11.7 Å². The number of anilines is 1. The van der Waals surface area contributed by atoms with Crippen molar-refractivity contribution in [3.8, 4) is 0 Å². The fourth-order valence-corrected chi connectivity index (χ4v) is 4.41. The lowest BCUT2D eigenvalue weighted by atomic mass is 9.97. The van der Waals surface area contributed by atoms with Gasteiger partial charge in [-0.25, -0.2) is 4.39 Å². The van der Waals surface area contributed by atoms with E-state index in [1.54, 1.807) is 24.3 Å². The summed E-state index contributed by atoms with van der Waals surface area (Å²) in [4.78, 5) is 25.7. The van der Waals surface area contributed by atoms with Gasteiger partial charge in [0, 0.05) is 10.9 Å². The van der Waals surface area contributed by atoms with Crippen molar-refractivity contribution in [1.29, 1.82) is 0 Å². The summed E-state index contributed by atoms with van der Waals surface area (Å²) in [6.45, 7) is 0. The van der Waals surface area contributed by atoms with Gasteiger partial charge in [-0.2, -0.15) is 0 Å². The predicted octanol–water partition coefficient (Wildman–Crippen LogP) is 5.40.